The second-order valence-electron chi connectivity index (χ2n) is 4.32. The van der Waals surface area contributed by atoms with E-state index in [9.17, 15) is 4.39 Å². The lowest BCUT2D eigenvalue weighted by Crippen LogP contribution is -2.18. The summed E-state index contributed by atoms with van der Waals surface area (Å²) in [6.45, 7) is 4.04. The van der Waals surface area contributed by atoms with E-state index in [0.29, 0.717) is 11.6 Å². The van der Waals surface area contributed by atoms with Gasteiger partial charge in [0.25, 0.3) is 0 Å². The summed E-state index contributed by atoms with van der Waals surface area (Å²) < 4.78 is 12.8. The molecule has 0 fully saturated rings. The number of benzene rings is 1. The van der Waals surface area contributed by atoms with Gasteiger partial charge in [-0.05, 0) is 30.2 Å². The number of aromatic nitrogens is 3. The lowest BCUT2D eigenvalue weighted by Gasteiger charge is -2.11. The molecular formula is C12H15FN4. The summed E-state index contributed by atoms with van der Waals surface area (Å²) in [4.78, 5) is 4.32. The molecule has 1 aromatic carbocycles. The molecular weight excluding hydrogens is 219 g/mol. The third-order valence-corrected chi connectivity index (χ3v) is 2.64. The van der Waals surface area contributed by atoms with Crippen LogP contribution < -0.4 is 5.73 Å². The van der Waals surface area contributed by atoms with E-state index >= 15 is 0 Å². The number of hydrogen-bond acceptors (Lipinski definition) is 3. The largest absolute Gasteiger partial charge is 0.321 e. The van der Waals surface area contributed by atoms with Gasteiger partial charge in [-0.3, -0.25) is 5.10 Å². The van der Waals surface area contributed by atoms with E-state index in [1.54, 1.807) is 12.1 Å². The van der Waals surface area contributed by atoms with Gasteiger partial charge in [0, 0.05) is 5.56 Å². The quantitative estimate of drug-likeness (QED) is 0.856. The van der Waals surface area contributed by atoms with Gasteiger partial charge in [0.1, 0.15) is 11.6 Å². The first-order chi connectivity index (χ1) is 8.08. The molecule has 0 spiro atoms. The first-order valence-electron chi connectivity index (χ1n) is 5.51. The minimum Gasteiger partial charge on any atom is -0.321 e. The van der Waals surface area contributed by atoms with Crippen molar-refractivity contribution in [3.05, 3.63) is 35.9 Å². The molecule has 5 heteroatoms. The van der Waals surface area contributed by atoms with Crippen molar-refractivity contribution in [2.24, 2.45) is 11.7 Å². The van der Waals surface area contributed by atoms with Crippen LogP contribution in [-0.4, -0.2) is 15.2 Å². The molecule has 4 nitrogen and oxygen atoms in total. The van der Waals surface area contributed by atoms with Crippen molar-refractivity contribution in [1.29, 1.82) is 0 Å². The molecule has 0 saturated carbocycles. The fraction of sp³-hybridized carbons (Fsp3) is 0.333. The molecule has 2 rings (SSSR count). The van der Waals surface area contributed by atoms with Gasteiger partial charge in [0.2, 0.25) is 0 Å². The third-order valence-electron chi connectivity index (χ3n) is 2.64. The average Bonchev–Trinajstić information content (AvgIpc) is 2.78. The first-order valence-corrected chi connectivity index (χ1v) is 5.51. The Kier molecular flexibility index (Phi) is 3.19. The maximum Gasteiger partial charge on any atom is 0.181 e. The van der Waals surface area contributed by atoms with Crippen LogP contribution >= 0.6 is 0 Å². The van der Waals surface area contributed by atoms with Gasteiger partial charge in [0.05, 0.1) is 6.04 Å². The van der Waals surface area contributed by atoms with Gasteiger partial charge in [-0.1, -0.05) is 13.8 Å². The monoisotopic (exact) mass is 234 g/mol. The average molecular weight is 234 g/mol. The number of nitrogens with two attached hydrogens (primary N) is 1. The predicted molar refractivity (Wildman–Crippen MR) is 63.5 cm³/mol. The lowest BCUT2D eigenvalue weighted by atomic mass is 10.1. The van der Waals surface area contributed by atoms with E-state index in [1.807, 2.05) is 13.8 Å². The Labute approximate surface area is 99.1 Å². The Morgan fingerprint density at radius 3 is 2.47 bits per heavy atom. The normalized spacial score (nSPS) is 13.0. The van der Waals surface area contributed by atoms with Crippen LogP contribution in [0, 0.1) is 11.7 Å². The highest BCUT2D eigenvalue weighted by Crippen LogP contribution is 2.19. The van der Waals surface area contributed by atoms with Crippen molar-refractivity contribution < 1.29 is 4.39 Å². The Morgan fingerprint density at radius 1 is 1.24 bits per heavy atom. The molecule has 1 aromatic heterocycles. The molecule has 0 bridgehead atoms. The van der Waals surface area contributed by atoms with Crippen molar-refractivity contribution in [3.8, 4) is 11.4 Å². The van der Waals surface area contributed by atoms with Crippen LogP contribution in [0.15, 0.2) is 24.3 Å². The number of aromatic amines is 1. The third kappa shape index (κ3) is 2.50. The molecule has 0 aliphatic rings. The standard InChI is InChI=1S/C12H15FN4/c1-7(2)10(14)12-15-11(16-17-12)8-3-5-9(13)6-4-8/h3-7,10H,14H2,1-2H3,(H,15,16,17)/t10-/m0/s1. The summed E-state index contributed by atoms with van der Waals surface area (Å²) in [6, 6.07) is 5.88. The predicted octanol–water partition coefficient (Wildman–Crippen LogP) is 2.27. The molecule has 3 N–H and O–H groups in total. The Hall–Kier alpha value is -1.75. The van der Waals surface area contributed by atoms with Gasteiger partial charge in [0.15, 0.2) is 5.82 Å². The van der Waals surface area contributed by atoms with Crippen molar-refractivity contribution in [3.63, 3.8) is 0 Å². The summed E-state index contributed by atoms with van der Waals surface area (Å²) in [5.41, 5.74) is 6.73. The second-order valence-corrected chi connectivity index (χ2v) is 4.32. The van der Waals surface area contributed by atoms with E-state index in [-0.39, 0.29) is 17.8 Å². The number of nitrogens with one attached hydrogen (secondary N) is 1. The fourth-order valence-electron chi connectivity index (χ4n) is 1.47. The smallest absolute Gasteiger partial charge is 0.181 e. The Morgan fingerprint density at radius 2 is 1.88 bits per heavy atom. The number of halogens is 1. The topological polar surface area (TPSA) is 67.6 Å². The molecule has 1 heterocycles. The molecule has 90 valence electrons. The SMILES string of the molecule is CC(C)[C@H](N)c1nc(-c2ccc(F)cc2)n[nH]1. The minimum atomic E-state index is -0.275. The molecule has 2 aromatic rings. The molecule has 0 radical (unpaired) electrons. The lowest BCUT2D eigenvalue weighted by molar-refractivity contribution is 0.492. The number of hydrogen-bond donors (Lipinski definition) is 2. The van der Waals surface area contributed by atoms with Gasteiger partial charge in [-0.2, -0.15) is 5.10 Å². The van der Waals surface area contributed by atoms with E-state index < -0.39 is 0 Å². The van der Waals surface area contributed by atoms with E-state index in [2.05, 4.69) is 15.2 Å². The number of H-pyrrole nitrogens is 1. The molecule has 0 amide bonds. The van der Waals surface area contributed by atoms with Crippen LogP contribution in [0.25, 0.3) is 11.4 Å². The van der Waals surface area contributed by atoms with E-state index in [4.69, 9.17) is 5.73 Å². The van der Waals surface area contributed by atoms with Gasteiger partial charge < -0.3 is 5.73 Å². The van der Waals surface area contributed by atoms with Gasteiger partial charge in [-0.15, -0.1) is 0 Å². The van der Waals surface area contributed by atoms with Crippen molar-refractivity contribution in [1.82, 2.24) is 15.2 Å². The highest BCUT2D eigenvalue weighted by atomic mass is 19.1. The fourth-order valence-corrected chi connectivity index (χ4v) is 1.47. The zero-order chi connectivity index (χ0) is 12.4. The van der Waals surface area contributed by atoms with Gasteiger partial charge >= 0.3 is 0 Å². The van der Waals surface area contributed by atoms with Crippen molar-refractivity contribution in [2.75, 3.05) is 0 Å². The summed E-state index contributed by atoms with van der Waals surface area (Å²) >= 11 is 0. The second kappa shape index (κ2) is 4.63. The maximum absolute atomic E-state index is 12.8. The zero-order valence-electron chi connectivity index (χ0n) is 9.81. The minimum absolute atomic E-state index is 0.170. The molecule has 0 aliphatic carbocycles. The molecule has 0 aliphatic heterocycles. The van der Waals surface area contributed by atoms with Crippen LogP contribution in [0.2, 0.25) is 0 Å². The van der Waals surface area contributed by atoms with Crippen molar-refractivity contribution >= 4 is 0 Å². The van der Waals surface area contributed by atoms with Crippen LogP contribution in [0.4, 0.5) is 4.39 Å². The molecule has 0 saturated heterocycles. The summed E-state index contributed by atoms with van der Waals surface area (Å²) in [5.74, 6) is 1.20. The van der Waals surface area contributed by atoms with Crippen molar-refractivity contribution in [2.45, 2.75) is 19.9 Å². The highest BCUT2D eigenvalue weighted by molar-refractivity contribution is 5.54. The number of rotatable bonds is 3. The zero-order valence-corrected chi connectivity index (χ0v) is 9.81. The first kappa shape index (κ1) is 11.7. The Balaban J connectivity index is 2.26. The highest BCUT2D eigenvalue weighted by Gasteiger charge is 2.15. The van der Waals surface area contributed by atoms with E-state index in [1.165, 1.54) is 12.1 Å². The number of nitrogens with zero attached hydrogens (tertiary/aromatic N) is 2. The summed E-state index contributed by atoms with van der Waals surface area (Å²) in [6.07, 6.45) is 0. The van der Waals surface area contributed by atoms with Crippen LogP contribution in [0.5, 0.6) is 0 Å². The van der Waals surface area contributed by atoms with E-state index in [0.717, 1.165) is 5.56 Å². The van der Waals surface area contributed by atoms with Crippen LogP contribution in [0.1, 0.15) is 25.7 Å². The van der Waals surface area contributed by atoms with Crippen LogP contribution in [0.3, 0.4) is 0 Å². The molecule has 1 atom stereocenters. The molecule has 17 heavy (non-hydrogen) atoms. The van der Waals surface area contributed by atoms with Gasteiger partial charge in [-0.25, -0.2) is 9.37 Å². The molecule has 0 unspecified atom stereocenters. The summed E-state index contributed by atoms with van der Waals surface area (Å²) in [7, 11) is 0. The maximum atomic E-state index is 12.8. The Bertz CT molecular complexity index is 489. The van der Waals surface area contributed by atoms with Crippen LogP contribution in [-0.2, 0) is 0 Å². The summed E-state index contributed by atoms with van der Waals surface area (Å²) in [5, 5.41) is 6.90.